The van der Waals surface area contributed by atoms with Gasteiger partial charge in [-0.05, 0) is 30.3 Å². The van der Waals surface area contributed by atoms with Crippen LogP contribution in [0.4, 0.5) is 0 Å². The van der Waals surface area contributed by atoms with Gasteiger partial charge in [0, 0.05) is 14.2 Å². The zero-order chi connectivity index (χ0) is 16.3. The van der Waals surface area contributed by atoms with Crippen LogP contribution < -0.4 is 0 Å². The molecule has 0 fully saturated rings. The monoisotopic (exact) mass is 316 g/mol. The van der Waals surface area contributed by atoms with Crippen LogP contribution in [0.15, 0.2) is 12.2 Å². The van der Waals surface area contributed by atoms with Crippen molar-refractivity contribution in [2.45, 2.75) is 57.2 Å². The molecule has 1 rings (SSSR count). The van der Waals surface area contributed by atoms with E-state index in [1.807, 2.05) is 0 Å². The molecule has 0 amide bonds. The van der Waals surface area contributed by atoms with Crippen LogP contribution in [0.3, 0.4) is 0 Å². The molecule has 1 aliphatic carbocycles. The predicted octanol–water partition coefficient (Wildman–Crippen LogP) is 2.52. The smallest absolute Gasteiger partial charge is 0.192 e. The molecule has 3 atom stereocenters. The van der Waals surface area contributed by atoms with E-state index in [2.05, 4.69) is 33.9 Å². The molecular weight excluding hydrogens is 288 g/mol. The lowest BCUT2D eigenvalue weighted by Gasteiger charge is -2.43. The lowest BCUT2D eigenvalue weighted by molar-refractivity contribution is -0.148. The van der Waals surface area contributed by atoms with Crippen LogP contribution in [0.2, 0.25) is 18.1 Å². The molecule has 0 radical (unpaired) electrons. The number of carbonyl (C=O) groups excluding carboxylic acids is 1. The van der Waals surface area contributed by atoms with Crippen LogP contribution in [0.5, 0.6) is 0 Å². The van der Waals surface area contributed by atoms with Crippen LogP contribution >= 0.6 is 0 Å². The van der Waals surface area contributed by atoms with Gasteiger partial charge in [-0.3, -0.25) is 4.79 Å². The normalized spacial score (nSPS) is 27.2. The van der Waals surface area contributed by atoms with Gasteiger partial charge in [0.1, 0.15) is 25.1 Å². The minimum absolute atomic E-state index is 0.0430. The zero-order valence-corrected chi connectivity index (χ0v) is 15.1. The highest BCUT2D eigenvalue weighted by molar-refractivity contribution is 6.74. The SMILES string of the molecule is COCO[C@H]1C=CC(=O)[C@@H](OC)[C@@H]1O[Si](C)(C)C(C)(C)C. The lowest BCUT2D eigenvalue weighted by Crippen LogP contribution is -2.55. The third-order valence-corrected chi connectivity index (χ3v) is 8.70. The van der Waals surface area contributed by atoms with Gasteiger partial charge >= 0.3 is 0 Å². The van der Waals surface area contributed by atoms with Crippen molar-refractivity contribution in [1.82, 2.24) is 0 Å². The first-order chi connectivity index (χ1) is 9.64. The summed E-state index contributed by atoms with van der Waals surface area (Å²) in [7, 11) is 1.04. The van der Waals surface area contributed by atoms with Crippen LogP contribution in [0.1, 0.15) is 20.8 Å². The van der Waals surface area contributed by atoms with E-state index in [9.17, 15) is 4.79 Å². The molecule has 0 aromatic rings. The first-order valence-corrected chi connectivity index (χ1v) is 10.1. The molecule has 6 heteroatoms. The van der Waals surface area contributed by atoms with Crippen molar-refractivity contribution in [3.63, 3.8) is 0 Å². The number of ketones is 1. The maximum absolute atomic E-state index is 12.0. The molecule has 5 nitrogen and oxygen atoms in total. The van der Waals surface area contributed by atoms with Crippen molar-refractivity contribution < 1.29 is 23.4 Å². The van der Waals surface area contributed by atoms with E-state index in [1.165, 1.54) is 13.2 Å². The minimum Gasteiger partial charge on any atom is -0.408 e. The Bertz CT molecular complexity index is 386. The van der Waals surface area contributed by atoms with Gasteiger partial charge in [-0.1, -0.05) is 20.8 Å². The van der Waals surface area contributed by atoms with E-state index in [0.717, 1.165) is 0 Å². The Balaban J connectivity index is 2.99. The molecule has 0 aromatic heterocycles. The van der Waals surface area contributed by atoms with Crippen LogP contribution in [-0.4, -0.2) is 53.4 Å². The van der Waals surface area contributed by atoms with Gasteiger partial charge in [0.2, 0.25) is 0 Å². The minimum atomic E-state index is -2.05. The maximum Gasteiger partial charge on any atom is 0.192 e. The molecular formula is C15H28O5Si. The second-order valence-electron chi connectivity index (χ2n) is 6.80. The van der Waals surface area contributed by atoms with E-state index in [1.54, 1.807) is 13.2 Å². The highest BCUT2D eigenvalue weighted by atomic mass is 28.4. The summed E-state index contributed by atoms with van der Waals surface area (Å²) in [5.74, 6) is -0.0847. The number of ether oxygens (including phenoxy) is 3. The molecule has 0 N–H and O–H groups in total. The third-order valence-electron chi connectivity index (χ3n) is 4.22. The Kier molecular flexibility index (Phi) is 6.31. The van der Waals surface area contributed by atoms with E-state index >= 15 is 0 Å². The van der Waals surface area contributed by atoms with Gasteiger partial charge in [0.05, 0.1) is 0 Å². The maximum atomic E-state index is 12.0. The largest absolute Gasteiger partial charge is 0.408 e. The van der Waals surface area contributed by atoms with Crippen LogP contribution in [0, 0.1) is 0 Å². The average molecular weight is 316 g/mol. The van der Waals surface area contributed by atoms with E-state index in [4.69, 9.17) is 18.6 Å². The summed E-state index contributed by atoms with van der Waals surface area (Å²) in [5, 5.41) is 0.0430. The van der Waals surface area contributed by atoms with Crippen LogP contribution in [0.25, 0.3) is 0 Å². The fourth-order valence-electron chi connectivity index (χ4n) is 1.92. The molecule has 0 spiro atoms. The van der Waals surface area contributed by atoms with E-state index < -0.39 is 20.5 Å². The Hall–Kier alpha value is -0.533. The van der Waals surface area contributed by atoms with Gasteiger partial charge in [-0.15, -0.1) is 0 Å². The summed E-state index contributed by atoms with van der Waals surface area (Å²) < 4.78 is 22.3. The van der Waals surface area contributed by atoms with Crippen molar-refractivity contribution in [2.75, 3.05) is 21.0 Å². The molecule has 0 bridgehead atoms. The molecule has 0 saturated heterocycles. The third kappa shape index (κ3) is 4.47. The van der Waals surface area contributed by atoms with Gasteiger partial charge in [0.25, 0.3) is 0 Å². The fourth-order valence-corrected chi connectivity index (χ4v) is 3.21. The predicted molar refractivity (Wildman–Crippen MR) is 83.8 cm³/mol. The van der Waals surface area contributed by atoms with Crippen LogP contribution in [-0.2, 0) is 23.4 Å². The second-order valence-corrected chi connectivity index (χ2v) is 11.6. The van der Waals surface area contributed by atoms with Crippen molar-refractivity contribution in [3.05, 3.63) is 12.2 Å². The average Bonchev–Trinajstić information content (AvgIpc) is 2.36. The number of rotatable bonds is 6. The zero-order valence-electron chi connectivity index (χ0n) is 14.1. The Morgan fingerprint density at radius 3 is 2.33 bits per heavy atom. The number of methoxy groups -OCH3 is 2. The Morgan fingerprint density at radius 1 is 1.24 bits per heavy atom. The Morgan fingerprint density at radius 2 is 1.86 bits per heavy atom. The summed E-state index contributed by atoms with van der Waals surface area (Å²) in [5.41, 5.74) is 0. The quantitative estimate of drug-likeness (QED) is 0.557. The lowest BCUT2D eigenvalue weighted by atomic mass is 9.97. The van der Waals surface area contributed by atoms with Gasteiger partial charge < -0.3 is 18.6 Å². The van der Waals surface area contributed by atoms with Crippen molar-refractivity contribution in [1.29, 1.82) is 0 Å². The number of hydrogen-bond acceptors (Lipinski definition) is 5. The number of hydrogen-bond donors (Lipinski definition) is 0. The van der Waals surface area contributed by atoms with Crippen molar-refractivity contribution in [2.24, 2.45) is 0 Å². The van der Waals surface area contributed by atoms with E-state index in [-0.39, 0.29) is 23.7 Å². The number of carbonyl (C=O) groups is 1. The van der Waals surface area contributed by atoms with Gasteiger partial charge in [-0.25, -0.2) is 0 Å². The second kappa shape index (κ2) is 7.15. The summed E-state index contributed by atoms with van der Waals surface area (Å²) in [6.07, 6.45) is 1.81. The fraction of sp³-hybridized carbons (Fsp3) is 0.800. The first kappa shape index (κ1) is 18.5. The molecule has 21 heavy (non-hydrogen) atoms. The van der Waals surface area contributed by atoms with Gasteiger partial charge in [-0.2, -0.15) is 0 Å². The summed E-state index contributed by atoms with van der Waals surface area (Å²) in [4.78, 5) is 12.0. The van der Waals surface area contributed by atoms with E-state index in [0.29, 0.717) is 0 Å². The molecule has 0 saturated carbocycles. The van der Waals surface area contributed by atoms with Crippen molar-refractivity contribution in [3.8, 4) is 0 Å². The standard InChI is InChI=1S/C15H28O5Si/c1-15(2,3)21(6,7)20-14-12(19-10-17-4)9-8-11(16)13(14)18-5/h8-9,12-14H,10H2,1-7H3/t12-,13+,14+/m0/s1. The summed E-state index contributed by atoms with van der Waals surface area (Å²) in [6.45, 7) is 10.9. The first-order valence-electron chi connectivity index (χ1n) is 7.17. The molecule has 0 heterocycles. The van der Waals surface area contributed by atoms with Crippen molar-refractivity contribution >= 4 is 14.1 Å². The topological polar surface area (TPSA) is 54.0 Å². The summed E-state index contributed by atoms with van der Waals surface area (Å²) >= 11 is 0. The molecule has 122 valence electrons. The summed E-state index contributed by atoms with van der Waals surface area (Å²) in [6, 6.07) is 0. The molecule has 0 aliphatic heterocycles. The highest BCUT2D eigenvalue weighted by Crippen LogP contribution is 2.39. The highest BCUT2D eigenvalue weighted by Gasteiger charge is 2.45. The molecule has 1 aliphatic rings. The van der Waals surface area contributed by atoms with Gasteiger partial charge in [0.15, 0.2) is 14.1 Å². The molecule has 0 unspecified atom stereocenters. The Labute approximate surface area is 128 Å². The molecule has 0 aromatic carbocycles.